The average Bonchev–Trinajstić information content (AvgIpc) is 2.17. The Balaban J connectivity index is 0.00000196. The molecule has 0 aromatic carbocycles. The molecule has 0 N–H and O–H groups in total. The van der Waals surface area contributed by atoms with Crippen molar-refractivity contribution in [3.05, 3.63) is 23.5 Å². The van der Waals surface area contributed by atoms with Crippen molar-refractivity contribution in [1.82, 2.24) is 4.98 Å². The summed E-state index contributed by atoms with van der Waals surface area (Å²) in [4.78, 5) is 14.9. The Labute approximate surface area is 112 Å². The Morgan fingerprint density at radius 3 is 2.67 bits per heavy atom. The van der Waals surface area contributed by atoms with E-state index >= 15 is 0 Å². The minimum atomic E-state index is -2.39. The molecule has 15 heavy (non-hydrogen) atoms. The van der Waals surface area contributed by atoms with Crippen LogP contribution in [0.3, 0.4) is 0 Å². The van der Waals surface area contributed by atoms with Gasteiger partial charge in [0.25, 0.3) is 0 Å². The molecule has 0 saturated heterocycles. The maximum atomic E-state index is 11.1. The molecule has 0 aliphatic carbocycles. The smallest absolute Gasteiger partial charge is 0.768 e. The predicted octanol–water partition coefficient (Wildman–Crippen LogP) is -2.58. The number of aromatic nitrogens is 1. The first-order chi connectivity index (χ1) is 6.56. The Morgan fingerprint density at radius 1 is 1.60 bits per heavy atom. The monoisotopic (exact) mass is 237 g/mol. The number of esters is 1. The van der Waals surface area contributed by atoms with Gasteiger partial charge < -0.3 is 9.29 Å². The first kappa shape index (κ1) is 14.7. The minimum absolute atomic E-state index is 0. The van der Waals surface area contributed by atoms with E-state index in [1.54, 1.807) is 6.92 Å². The summed E-state index contributed by atoms with van der Waals surface area (Å²) in [7, 11) is 1.22. The maximum absolute atomic E-state index is 11.1. The fourth-order valence-electron chi connectivity index (χ4n) is 0.922. The van der Waals surface area contributed by atoms with Crippen molar-refractivity contribution in [2.75, 3.05) is 7.11 Å². The van der Waals surface area contributed by atoms with Crippen LogP contribution >= 0.6 is 0 Å². The van der Waals surface area contributed by atoms with E-state index in [2.05, 4.69) is 9.72 Å². The number of carbonyl (C=O) groups excluding carboxylic acids is 1. The van der Waals surface area contributed by atoms with Gasteiger partial charge in [-0.25, -0.2) is 4.79 Å². The third-order valence-electron chi connectivity index (χ3n) is 1.66. The summed E-state index contributed by atoms with van der Waals surface area (Å²) in [5.74, 6) is -0.595. The van der Waals surface area contributed by atoms with Crippen LogP contribution in [0, 0.1) is 6.92 Å². The third-order valence-corrected chi connectivity index (χ3v) is 2.27. The molecule has 0 bridgehead atoms. The summed E-state index contributed by atoms with van der Waals surface area (Å²) >= 11 is -2.39. The van der Waals surface area contributed by atoms with E-state index in [1.807, 2.05) is 0 Å². The third kappa shape index (κ3) is 3.66. The van der Waals surface area contributed by atoms with Gasteiger partial charge in [-0.2, -0.15) is 0 Å². The molecule has 0 radical (unpaired) electrons. The van der Waals surface area contributed by atoms with Gasteiger partial charge in [0, 0.05) is 11.1 Å². The van der Waals surface area contributed by atoms with E-state index in [-0.39, 0.29) is 40.0 Å². The van der Waals surface area contributed by atoms with Crippen LogP contribution in [0.25, 0.3) is 0 Å². The molecular formula is C8H8NNaO4S. The number of hydrogen-bond donors (Lipinski definition) is 0. The largest absolute Gasteiger partial charge is 1.00 e. The van der Waals surface area contributed by atoms with Gasteiger partial charge in [-0.15, -0.1) is 0 Å². The Hall–Kier alpha value is -0.270. The molecule has 0 spiro atoms. The molecule has 1 atom stereocenters. The standard InChI is InChI=1S/C8H9NO4S.Na/c1-5-7(8(10)13-2)3-6(4-9-5)14(11)12;/h3-4H,1-2H3,(H,11,12);/q;+1/p-1. The van der Waals surface area contributed by atoms with Crippen molar-refractivity contribution < 1.29 is 47.9 Å². The Kier molecular flexibility index (Phi) is 6.23. The van der Waals surface area contributed by atoms with E-state index in [9.17, 15) is 13.6 Å². The van der Waals surface area contributed by atoms with Gasteiger partial charge in [-0.05, 0) is 24.1 Å². The topological polar surface area (TPSA) is 79.3 Å². The SMILES string of the molecule is COC(=O)c1cc(S(=O)[O-])cnc1C.[Na+]. The molecular weight excluding hydrogens is 229 g/mol. The van der Waals surface area contributed by atoms with Crippen LogP contribution in [0.1, 0.15) is 16.1 Å². The number of methoxy groups -OCH3 is 1. The number of nitrogens with zero attached hydrogens (tertiary/aromatic N) is 1. The van der Waals surface area contributed by atoms with Gasteiger partial charge in [0.05, 0.1) is 18.4 Å². The van der Waals surface area contributed by atoms with Crippen LogP contribution in [0.5, 0.6) is 0 Å². The molecule has 1 rings (SSSR count). The van der Waals surface area contributed by atoms with Gasteiger partial charge in [0.2, 0.25) is 0 Å². The Morgan fingerprint density at radius 2 is 2.20 bits per heavy atom. The second-order valence-electron chi connectivity index (χ2n) is 2.53. The second kappa shape index (κ2) is 6.34. The molecule has 0 saturated carbocycles. The molecule has 0 amide bonds. The zero-order valence-corrected chi connectivity index (χ0v) is 11.5. The fraction of sp³-hybridized carbons (Fsp3) is 0.250. The van der Waals surface area contributed by atoms with E-state index in [0.717, 1.165) is 0 Å². The fourth-order valence-corrected chi connectivity index (χ4v) is 1.27. The second-order valence-corrected chi connectivity index (χ2v) is 3.47. The van der Waals surface area contributed by atoms with E-state index in [1.165, 1.54) is 19.4 Å². The number of carbonyl (C=O) groups is 1. The summed E-state index contributed by atoms with van der Waals surface area (Å²) in [6, 6.07) is 1.23. The van der Waals surface area contributed by atoms with Crippen molar-refractivity contribution in [1.29, 1.82) is 0 Å². The van der Waals surface area contributed by atoms with Crippen molar-refractivity contribution in [3.63, 3.8) is 0 Å². The van der Waals surface area contributed by atoms with E-state index in [4.69, 9.17) is 0 Å². The van der Waals surface area contributed by atoms with E-state index in [0.29, 0.717) is 5.69 Å². The molecule has 0 aliphatic heterocycles. The van der Waals surface area contributed by atoms with Crippen molar-refractivity contribution >= 4 is 17.0 Å². The predicted molar refractivity (Wildman–Crippen MR) is 47.5 cm³/mol. The number of hydrogen-bond acceptors (Lipinski definition) is 5. The van der Waals surface area contributed by atoms with Crippen molar-refractivity contribution in [2.24, 2.45) is 0 Å². The molecule has 76 valence electrons. The van der Waals surface area contributed by atoms with Crippen LogP contribution in [-0.4, -0.2) is 26.8 Å². The quantitative estimate of drug-likeness (QED) is 0.320. The number of aryl methyl sites for hydroxylation is 1. The van der Waals surface area contributed by atoms with Crippen LogP contribution < -0.4 is 29.6 Å². The average molecular weight is 237 g/mol. The first-order valence-corrected chi connectivity index (χ1v) is 4.78. The number of rotatable bonds is 2. The van der Waals surface area contributed by atoms with Crippen molar-refractivity contribution in [3.8, 4) is 0 Å². The van der Waals surface area contributed by atoms with Gasteiger partial charge in [-0.3, -0.25) is 9.19 Å². The van der Waals surface area contributed by atoms with Gasteiger partial charge in [0.1, 0.15) is 0 Å². The number of ether oxygens (including phenoxy) is 1. The van der Waals surface area contributed by atoms with E-state index < -0.39 is 17.0 Å². The molecule has 1 unspecified atom stereocenters. The van der Waals surface area contributed by atoms with Gasteiger partial charge in [0.15, 0.2) is 0 Å². The normalized spacial score (nSPS) is 11.4. The van der Waals surface area contributed by atoms with Crippen LogP contribution in [0.4, 0.5) is 0 Å². The number of pyridine rings is 1. The first-order valence-electron chi connectivity index (χ1n) is 3.70. The molecule has 1 aromatic heterocycles. The molecule has 1 aromatic rings. The summed E-state index contributed by atoms with van der Waals surface area (Å²) in [5.41, 5.74) is 0.597. The molecule has 0 fully saturated rings. The molecule has 0 aliphatic rings. The minimum Gasteiger partial charge on any atom is -0.768 e. The maximum Gasteiger partial charge on any atom is 1.00 e. The Bertz CT molecular complexity index is 396. The molecule has 7 heteroatoms. The summed E-state index contributed by atoms with van der Waals surface area (Å²) in [5, 5.41) is 0. The van der Waals surface area contributed by atoms with Crippen molar-refractivity contribution in [2.45, 2.75) is 11.8 Å². The summed E-state index contributed by atoms with van der Waals surface area (Å²) in [6.45, 7) is 1.60. The zero-order chi connectivity index (χ0) is 10.7. The van der Waals surface area contributed by atoms with Gasteiger partial charge >= 0.3 is 35.5 Å². The summed E-state index contributed by atoms with van der Waals surface area (Å²) in [6.07, 6.45) is 1.19. The van der Waals surface area contributed by atoms with Crippen LogP contribution in [-0.2, 0) is 15.8 Å². The van der Waals surface area contributed by atoms with Gasteiger partial charge in [-0.1, -0.05) is 0 Å². The molecule has 5 nitrogen and oxygen atoms in total. The van der Waals surface area contributed by atoms with Crippen LogP contribution in [0.2, 0.25) is 0 Å². The molecule has 1 heterocycles. The summed E-state index contributed by atoms with van der Waals surface area (Å²) < 4.78 is 25.6. The zero-order valence-electron chi connectivity index (χ0n) is 8.64. The van der Waals surface area contributed by atoms with Crippen LogP contribution in [0.15, 0.2) is 17.2 Å².